The minimum atomic E-state index is -0.182. The van der Waals surface area contributed by atoms with E-state index in [-0.39, 0.29) is 5.91 Å². The van der Waals surface area contributed by atoms with Crippen molar-refractivity contribution in [1.29, 1.82) is 0 Å². The van der Waals surface area contributed by atoms with Crippen molar-refractivity contribution in [2.45, 2.75) is 13.8 Å². The Hall–Kier alpha value is -3.07. The fourth-order valence-electron chi connectivity index (χ4n) is 2.55. The number of nitrogens with one attached hydrogen (secondary N) is 1. The molecular weight excluding hydrogens is 298 g/mol. The molecule has 0 radical (unpaired) electrons. The predicted molar refractivity (Wildman–Crippen MR) is 96.8 cm³/mol. The first-order chi connectivity index (χ1) is 11.6. The molecule has 0 saturated heterocycles. The standard InChI is InChI=1S/C21H19NO2/c1-15-9-8-10-16(2)20(15)22-21(23)18-13-6-7-14-19(18)24-17-11-4-3-5-12-17/h3-14H,1-2H3,(H,22,23). The van der Waals surface area contributed by atoms with Crippen LogP contribution in [-0.2, 0) is 0 Å². The Bertz CT molecular complexity index is 836. The first-order valence-corrected chi connectivity index (χ1v) is 7.84. The maximum Gasteiger partial charge on any atom is 0.259 e. The van der Waals surface area contributed by atoms with Crippen molar-refractivity contribution in [2.24, 2.45) is 0 Å². The molecule has 24 heavy (non-hydrogen) atoms. The summed E-state index contributed by atoms with van der Waals surface area (Å²) in [4.78, 5) is 12.7. The lowest BCUT2D eigenvalue weighted by atomic mass is 10.1. The number of para-hydroxylation sites is 3. The molecule has 0 aromatic heterocycles. The molecule has 0 atom stereocenters. The highest BCUT2D eigenvalue weighted by Crippen LogP contribution is 2.27. The van der Waals surface area contributed by atoms with Gasteiger partial charge in [-0.25, -0.2) is 0 Å². The largest absolute Gasteiger partial charge is 0.457 e. The molecule has 0 aliphatic carbocycles. The molecule has 1 amide bonds. The van der Waals surface area contributed by atoms with Crippen LogP contribution in [-0.4, -0.2) is 5.91 Å². The van der Waals surface area contributed by atoms with Gasteiger partial charge in [0.25, 0.3) is 5.91 Å². The third-order valence-electron chi connectivity index (χ3n) is 3.82. The fourth-order valence-corrected chi connectivity index (χ4v) is 2.55. The van der Waals surface area contributed by atoms with Crippen LogP contribution in [0, 0.1) is 13.8 Å². The molecule has 0 spiro atoms. The fraction of sp³-hybridized carbons (Fsp3) is 0.0952. The topological polar surface area (TPSA) is 38.3 Å². The van der Waals surface area contributed by atoms with E-state index in [4.69, 9.17) is 4.74 Å². The average molecular weight is 317 g/mol. The van der Waals surface area contributed by atoms with Gasteiger partial charge in [-0.2, -0.15) is 0 Å². The summed E-state index contributed by atoms with van der Waals surface area (Å²) in [6.45, 7) is 3.96. The van der Waals surface area contributed by atoms with Crippen molar-refractivity contribution < 1.29 is 9.53 Å². The number of ether oxygens (including phenoxy) is 1. The second kappa shape index (κ2) is 7.01. The highest BCUT2D eigenvalue weighted by molar-refractivity contribution is 6.07. The van der Waals surface area contributed by atoms with Gasteiger partial charge < -0.3 is 10.1 Å². The minimum absolute atomic E-state index is 0.182. The average Bonchev–Trinajstić information content (AvgIpc) is 2.59. The highest BCUT2D eigenvalue weighted by Gasteiger charge is 2.14. The lowest BCUT2D eigenvalue weighted by Crippen LogP contribution is -2.14. The SMILES string of the molecule is Cc1cccc(C)c1NC(=O)c1ccccc1Oc1ccccc1. The molecule has 3 aromatic carbocycles. The minimum Gasteiger partial charge on any atom is -0.457 e. The van der Waals surface area contributed by atoms with Gasteiger partial charge in [0.15, 0.2) is 0 Å². The number of anilines is 1. The first-order valence-electron chi connectivity index (χ1n) is 7.84. The van der Waals surface area contributed by atoms with Gasteiger partial charge in [0, 0.05) is 5.69 Å². The number of hydrogen-bond acceptors (Lipinski definition) is 2. The van der Waals surface area contributed by atoms with Crippen LogP contribution in [0.15, 0.2) is 72.8 Å². The molecule has 3 heteroatoms. The van der Waals surface area contributed by atoms with Crippen molar-refractivity contribution in [3.63, 3.8) is 0 Å². The molecule has 1 N–H and O–H groups in total. The quantitative estimate of drug-likeness (QED) is 0.704. The highest BCUT2D eigenvalue weighted by atomic mass is 16.5. The van der Waals surface area contributed by atoms with E-state index in [1.807, 2.05) is 74.5 Å². The third kappa shape index (κ3) is 3.46. The molecular formula is C21H19NO2. The van der Waals surface area contributed by atoms with Crippen LogP contribution in [0.4, 0.5) is 5.69 Å². The smallest absolute Gasteiger partial charge is 0.259 e. The summed E-state index contributed by atoms with van der Waals surface area (Å²) in [5.41, 5.74) is 3.41. The Morgan fingerprint density at radius 3 is 2.12 bits per heavy atom. The zero-order chi connectivity index (χ0) is 16.9. The number of amides is 1. The van der Waals surface area contributed by atoms with E-state index in [1.54, 1.807) is 12.1 Å². The van der Waals surface area contributed by atoms with E-state index in [2.05, 4.69) is 5.32 Å². The maximum absolute atomic E-state index is 12.7. The molecule has 0 fully saturated rings. The zero-order valence-corrected chi connectivity index (χ0v) is 13.7. The monoisotopic (exact) mass is 317 g/mol. The number of hydrogen-bond donors (Lipinski definition) is 1. The van der Waals surface area contributed by atoms with Gasteiger partial charge in [-0.05, 0) is 49.2 Å². The van der Waals surface area contributed by atoms with Crippen molar-refractivity contribution in [3.05, 3.63) is 89.5 Å². The molecule has 120 valence electrons. The van der Waals surface area contributed by atoms with E-state index in [9.17, 15) is 4.79 Å². The third-order valence-corrected chi connectivity index (χ3v) is 3.82. The molecule has 0 heterocycles. The van der Waals surface area contributed by atoms with Crippen LogP contribution in [0.3, 0.4) is 0 Å². The molecule has 0 unspecified atom stereocenters. The first kappa shape index (κ1) is 15.8. The summed E-state index contributed by atoms with van der Waals surface area (Å²) >= 11 is 0. The summed E-state index contributed by atoms with van der Waals surface area (Å²) < 4.78 is 5.87. The lowest BCUT2D eigenvalue weighted by Gasteiger charge is -2.14. The normalized spacial score (nSPS) is 10.2. The maximum atomic E-state index is 12.7. The van der Waals surface area contributed by atoms with Crippen LogP contribution in [0.2, 0.25) is 0 Å². The van der Waals surface area contributed by atoms with Gasteiger partial charge in [0.05, 0.1) is 5.56 Å². The van der Waals surface area contributed by atoms with Crippen molar-refractivity contribution in [1.82, 2.24) is 0 Å². The van der Waals surface area contributed by atoms with Gasteiger partial charge in [-0.15, -0.1) is 0 Å². The van der Waals surface area contributed by atoms with Crippen LogP contribution in [0.5, 0.6) is 11.5 Å². The Balaban J connectivity index is 1.88. The molecule has 0 saturated carbocycles. The molecule has 0 bridgehead atoms. The summed E-state index contributed by atoms with van der Waals surface area (Å²) in [6, 6.07) is 22.6. The van der Waals surface area contributed by atoms with Gasteiger partial charge in [0.1, 0.15) is 11.5 Å². The lowest BCUT2D eigenvalue weighted by molar-refractivity contribution is 0.102. The van der Waals surface area contributed by atoms with Crippen LogP contribution >= 0.6 is 0 Å². The van der Waals surface area contributed by atoms with E-state index >= 15 is 0 Å². The number of rotatable bonds is 4. The predicted octanol–water partition coefficient (Wildman–Crippen LogP) is 5.35. The number of aryl methyl sites for hydroxylation is 2. The number of benzene rings is 3. The Morgan fingerprint density at radius 1 is 0.792 bits per heavy atom. The van der Waals surface area contributed by atoms with Crippen molar-refractivity contribution in [3.8, 4) is 11.5 Å². The zero-order valence-electron chi connectivity index (χ0n) is 13.7. The van der Waals surface area contributed by atoms with E-state index in [1.165, 1.54) is 0 Å². The molecule has 0 aliphatic rings. The molecule has 3 rings (SSSR count). The van der Waals surface area contributed by atoms with Gasteiger partial charge in [-0.3, -0.25) is 4.79 Å². The number of carbonyl (C=O) groups excluding carboxylic acids is 1. The van der Waals surface area contributed by atoms with Gasteiger partial charge in [0.2, 0.25) is 0 Å². The van der Waals surface area contributed by atoms with Crippen LogP contribution in [0.1, 0.15) is 21.5 Å². The van der Waals surface area contributed by atoms with Crippen molar-refractivity contribution in [2.75, 3.05) is 5.32 Å². The van der Waals surface area contributed by atoms with Gasteiger partial charge in [-0.1, -0.05) is 48.5 Å². The van der Waals surface area contributed by atoms with E-state index in [0.717, 1.165) is 16.8 Å². The Kier molecular flexibility index (Phi) is 4.62. The Labute approximate surface area is 141 Å². The van der Waals surface area contributed by atoms with Crippen LogP contribution in [0.25, 0.3) is 0 Å². The van der Waals surface area contributed by atoms with Crippen molar-refractivity contribution >= 4 is 11.6 Å². The summed E-state index contributed by atoms with van der Waals surface area (Å²) in [6.07, 6.45) is 0. The van der Waals surface area contributed by atoms with E-state index in [0.29, 0.717) is 17.1 Å². The van der Waals surface area contributed by atoms with Gasteiger partial charge >= 0.3 is 0 Å². The second-order valence-electron chi connectivity index (χ2n) is 5.63. The Morgan fingerprint density at radius 2 is 1.42 bits per heavy atom. The summed E-state index contributed by atoms with van der Waals surface area (Å²) in [5.74, 6) is 1.05. The molecule has 3 nitrogen and oxygen atoms in total. The van der Waals surface area contributed by atoms with Crippen LogP contribution < -0.4 is 10.1 Å². The molecule has 3 aromatic rings. The second-order valence-corrected chi connectivity index (χ2v) is 5.63. The molecule has 0 aliphatic heterocycles. The summed E-state index contributed by atoms with van der Waals surface area (Å²) in [5, 5.41) is 3.00. The summed E-state index contributed by atoms with van der Waals surface area (Å²) in [7, 11) is 0. The number of carbonyl (C=O) groups is 1. The van der Waals surface area contributed by atoms with E-state index < -0.39 is 0 Å².